The molecule has 7 nitrogen and oxygen atoms in total. The standard InChI is InChI=1S/C17H22N2O5/c1-18(2)15(20)11-24-14-8-4-3-7-13(14)16(21)19-9-5-6-12(10-19)17(22)23/h3-4,7-8,12H,5-6,9-11H2,1-2H3,(H,22,23)/t12-/m0/s1. The van der Waals surface area contributed by atoms with E-state index in [1.165, 1.54) is 9.80 Å². The van der Waals surface area contributed by atoms with Gasteiger partial charge in [-0.25, -0.2) is 0 Å². The topological polar surface area (TPSA) is 87.2 Å². The van der Waals surface area contributed by atoms with Crippen LogP contribution in [0.2, 0.25) is 0 Å². The summed E-state index contributed by atoms with van der Waals surface area (Å²) in [5.41, 5.74) is 0.343. The summed E-state index contributed by atoms with van der Waals surface area (Å²) in [6.45, 7) is 0.557. The molecule has 1 aromatic carbocycles. The number of carbonyl (C=O) groups is 3. The molecule has 0 bridgehead atoms. The fraction of sp³-hybridized carbons (Fsp3) is 0.471. The summed E-state index contributed by atoms with van der Waals surface area (Å²) in [7, 11) is 3.26. The van der Waals surface area contributed by atoms with Gasteiger partial charge in [0.2, 0.25) is 0 Å². The third-order valence-electron chi connectivity index (χ3n) is 4.03. The highest BCUT2D eigenvalue weighted by Crippen LogP contribution is 2.24. The van der Waals surface area contributed by atoms with E-state index in [1.54, 1.807) is 38.4 Å². The number of amides is 2. The quantitative estimate of drug-likeness (QED) is 0.871. The molecule has 1 heterocycles. The molecule has 1 N–H and O–H groups in total. The van der Waals surface area contributed by atoms with Crippen molar-refractivity contribution < 1.29 is 24.2 Å². The van der Waals surface area contributed by atoms with Crippen molar-refractivity contribution in [3.8, 4) is 5.75 Å². The molecule has 0 saturated carbocycles. The molecular weight excluding hydrogens is 312 g/mol. The van der Waals surface area contributed by atoms with Gasteiger partial charge < -0.3 is 19.6 Å². The van der Waals surface area contributed by atoms with Crippen LogP contribution < -0.4 is 4.74 Å². The van der Waals surface area contributed by atoms with Crippen LogP contribution in [0.25, 0.3) is 0 Å². The van der Waals surface area contributed by atoms with Gasteiger partial charge in [-0.2, -0.15) is 0 Å². The molecule has 7 heteroatoms. The number of aliphatic carboxylic acids is 1. The number of nitrogens with zero attached hydrogens (tertiary/aromatic N) is 2. The van der Waals surface area contributed by atoms with E-state index >= 15 is 0 Å². The van der Waals surface area contributed by atoms with E-state index in [0.717, 1.165) is 0 Å². The lowest BCUT2D eigenvalue weighted by molar-refractivity contribution is -0.143. The van der Waals surface area contributed by atoms with Gasteiger partial charge in [-0.15, -0.1) is 0 Å². The molecule has 0 aromatic heterocycles. The van der Waals surface area contributed by atoms with Gasteiger partial charge in [0.15, 0.2) is 6.61 Å². The van der Waals surface area contributed by atoms with Gasteiger partial charge in [0.25, 0.3) is 11.8 Å². The van der Waals surface area contributed by atoms with Crippen molar-refractivity contribution in [2.45, 2.75) is 12.8 Å². The molecule has 0 radical (unpaired) electrons. The van der Waals surface area contributed by atoms with E-state index in [-0.39, 0.29) is 25.0 Å². The molecule has 0 unspecified atom stereocenters. The van der Waals surface area contributed by atoms with E-state index in [9.17, 15) is 14.4 Å². The Bertz CT molecular complexity index is 629. The number of hydrogen-bond acceptors (Lipinski definition) is 4. The van der Waals surface area contributed by atoms with Crippen molar-refractivity contribution >= 4 is 17.8 Å². The number of carbonyl (C=O) groups excluding carboxylic acids is 2. The second-order valence-corrected chi connectivity index (χ2v) is 6.00. The van der Waals surface area contributed by atoms with Crippen molar-refractivity contribution in [3.05, 3.63) is 29.8 Å². The van der Waals surface area contributed by atoms with Crippen LogP contribution in [-0.4, -0.2) is 66.5 Å². The molecule has 2 amide bonds. The predicted octanol–water partition coefficient (Wildman–Crippen LogP) is 1.09. The Morgan fingerprint density at radius 3 is 2.67 bits per heavy atom. The maximum absolute atomic E-state index is 12.7. The minimum absolute atomic E-state index is 0.158. The number of carboxylic acids is 1. The summed E-state index contributed by atoms with van der Waals surface area (Å²) in [4.78, 5) is 38.5. The number of para-hydroxylation sites is 1. The van der Waals surface area contributed by atoms with Crippen molar-refractivity contribution in [3.63, 3.8) is 0 Å². The number of benzene rings is 1. The third-order valence-corrected chi connectivity index (χ3v) is 4.03. The average molecular weight is 334 g/mol. The van der Waals surface area contributed by atoms with Crippen LogP contribution in [0.15, 0.2) is 24.3 Å². The van der Waals surface area contributed by atoms with Crippen LogP contribution in [0, 0.1) is 5.92 Å². The number of rotatable bonds is 5. The summed E-state index contributed by atoms with van der Waals surface area (Å²) >= 11 is 0. The molecule has 130 valence electrons. The zero-order chi connectivity index (χ0) is 17.7. The number of carboxylic acid groups (broad SMARTS) is 1. The lowest BCUT2D eigenvalue weighted by Crippen LogP contribution is -2.42. The number of piperidine rings is 1. The minimum Gasteiger partial charge on any atom is -0.483 e. The van der Waals surface area contributed by atoms with Crippen LogP contribution in [0.3, 0.4) is 0 Å². The highest BCUT2D eigenvalue weighted by molar-refractivity contribution is 5.97. The molecular formula is C17H22N2O5. The zero-order valence-electron chi connectivity index (χ0n) is 13.9. The lowest BCUT2D eigenvalue weighted by atomic mass is 9.97. The average Bonchev–Trinajstić information content (AvgIpc) is 2.59. The molecule has 1 atom stereocenters. The van der Waals surface area contributed by atoms with Crippen molar-refractivity contribution in [1.82, 2.24) is 9.80 Å². The Kier molecular flexibility index (Phi) is 5.78. The Labute approximate surface area is 140 Å². The molecule has 2 rings (SSSR count). The molecule has 0 aliphatic carbocycles. The molecule has 0 spiro atoms. The first-order valence-electron chi connectivity index (χ1n) is 7.84. The van der Waals surface area contributed by atoms with Gasteiger partial charge in [-0.1, -0.05) is 12.1 Å². The second-order valence-electron chi connectivity index (χ2n) is 6.00. The van der Waals surface area contributed by atoms with Crippen LogP contribution >= 0.6 is 0 Å². The smallest absolute Gasteiger partial charge is 0.308 e. The van der Waals surface area contributed by atoms with Gasteiger partial charge in [0.05, 0.1) is 11.5 Å². The first-order valence-corrected chi connectivity index (χ1v) is 7.84. The van der Waals surface area contributed by atoms with Crippen LogP contribution in [0.5, 0.6) is 5.75 Å². The lowest BCUT2D eigenvalue weighted by Gasteiger charge is -2.31. The van der Waals surface area contributed by atoms with Gasteiger partial charge in [0.1, 0.15) is 5.75 Å². The Morgan fingerprint density at radius 1 is 1.29 bits per heavy atom. The molecule has 1 aliphatic rings. The molecule has 1 aromatic rings. The van der Waals surface area contributed by atoms with E-state index in [1.807, 2.05) is 0 Å². The SMILES string of the molecule is CN(C)C(=O)COc1ccccc1C(=O)N1CCC[C@H](C(=O)O)C1. The highest BCUT2D eigenvalue weighted by atomic mass is 16.5. The summed E-state index contributed by atoms with van der Waals surface area (Å²) in [5, 5.41) is 9.16. The zero-order valence-corrected chi connectivity index (χ0v) is 13.9. The first kappa shape index (κ1) is 17.8. The number of likely N-dealkylation sites (tertiary alicyclic amines) is 1. The van der Waals surface area contributed by atoms with Gasteiger partial charge in [-0.3, -0.25) is 14.4 Å². The number of ether oxygens (including phenoxy) is 1. The molecule has 24 heavy (non-hydrogen) atoms. The molecule has 1 saturated heterocycles. The van der Waals surface area contributed by atoms with E-state index < -0.39 is 11.9 Å². The fourth-order valence-electron chi connectivity index (χ4n) is 2.57. The maximum Gasteiger partial charge on any atom is 0.308 e. The van der Waals surface area contributed by atoms with Crippen molar-refractivity contribution in [2.75, 3.05) is 33.8 Å². The Morgan fingerprint density at radius 2 is 2.00 bits per heavy atom. The van der Waals surface area contributed by atoms with E-state index in [0.29, 0.717) is 30.7 Å². The third kappa shape index (κ3) is 4.24. The highest BCUT2D eigenvalue weighted by Gasteiger charge is 2.29. The maximum atomic E-state index is 12.7. The molecule has 1 aliphatic heterocycles. The monoisotopic (exact) mass is 334 g/mol. The normalized spacial score (nSPS) is 17.2. The largest absolute Gasteiger partial charge is 0.483 e. The van der Waals surface area contributed by atoms with Crippen molar-refractivity contribution in [1.29, 1.82) is 0 Å². The summed E-state index contributed by atoms with van der Waals surface area (Å²) in [6, 6.07) is 6.70. The predicted molar refractivity (Wildman–Crippen MR) is 86.9 cm³/mol. The van der Waals surface area contributed by atoms with Gasteiger partial charge >= 0.3 is 5.97 Å². The Balaban J connectivity index is 2.11. The summed E-state index contributed by atoms with van der Waals surface area (Å²) < 4.78 is 5.49. The second kappa shape index (κ2) is 7.81. The van der Waals surface area contributed by atoms with Crippen molar-refractivity contribution in [2.24, 2.45) is 5.92 Å². The number of likely N-dealkylation sites (N-methyl/N-ethyl adjacent to an activating group) is 1. The molecule has 1 fully saturated rings. The minimum atomic E-state index is -0.881. The van der Waals surface area contributed by atoms with Crippen LogP contribution in [0.1, 0.15) is 23.2 Å². The van der Waals surface area contributed by atoms with Gasteiger partial charge in [0, 0.05) is 27.2 Å². The van der Waals surface area contributed by atoms with E-state index in [2.05, 4.69) is 0 Å². The van der Waals surface area contributed by atoms with E-state index in [4.69, 9.17) is 9.84 Å². The van der Waals surface area contributed by atoms with Gasteiger partial charge in [-0.05, 0) is 25.0 Å². The Hall–Kier alpha value is -2.57. The summed E-state index contributed by atoms with van der Waals surface area (Å²) in [5.74, 6) is -1.56. The summed E-state index contributed by atoms with van der Waals surface area (Å²) in [6.07, 6.45) is 1.24. The number of hydrogen-bond donors (Lipinski definition) is 1. The fourth-order valence-corrected chi connectivity index (χ4v) is 2.57. The first-order chi connectivity index (χ1) is 11.4. The van der Waals surface area contributed by atoms with Crippen LogP contribution in [0.4, 0.5) is 0 Å². The van der Waals surface area contributed by atoms with Crippen LogP contribution in [-0.2, 0) is 9.59 Å².